The van der Waals surface area contributed by atoms with Crippen molar-refractivity contribution in [3.63, 3.8) is 0 Å². The highest BCUT2D eigenvalue weighted by molar-refractivity contribution is 6.20. The van der Waals surface area contributed by atoms with Crippen molar-refractivity contribution in [2.45, 2.75) is 56.7 Å². The lowest BCUT2D eigenvalue weighted by Gasteiger charge is -2.44. The van der Waals surface area contributed by atoms with Crippen LogP contribution in [-0.2, 0) is 48.3 Å². The SMILES string of the molecule is CC(=O)OCC1O[C@H](Cl)C(OCc2ccccc2)[C@@H](OCc2ccccc2)[C@@H]1OCc1ccccc1. The van der Waals surface area contributed by atoms with Crippen LogP contribution >= 0.6 is 11.6 Å². The van der Waals surface area contributed by atoms with Gasteiger partial charge in [0, 0.05) is 6.92 Å². The Morgan fingerprint density at radius 1 is 0.694 bits per heavy atom. The Morgan fingerprint density at radius 2 is 1.11 bits per heavy atom. The number of ether oxygens (including phenoxy) is 5. The van der Waals surface area contributed by atoms with Gasteiger partial charge in [-0.3, -0.25) is 4.79 Å². The van der Waals surface area contributed by atoms with Gasteiger partial charge in [0.05, 0.1) is 19.8 Å². The monoisotopic (exact) mass is 510 g/mol. The summed E-state index contributed by atoms with van der Waals surface area (Å²) in [7, 11) is 0. The van der Waals surface area contributed by atoms with E-state index in [0.717, 1.165) is 16.7 Å². The molecule has 0 radical (unpaired) electrons. The molecule has 0 aromatic heterocycles. The van der Waals surface area contributed by atoms with E-state index >= 15 is 0 Å². The number of carbonyl (C=O) groups excluding carboxylic acids is 1. The fourth-order valence-corrected chi connectivity index (χ4v) is 4.41. The molecule has 4 rings (SSSR count). The van der Waals surface area contributed by atoms with Gasteiger partial charge in [0.1, 0.15) is 31.0 Å². The average molecular weight is 511 g/mol. The summed E-state index contributed by atoms with van der Waals surface area (Å²) in [4.78, 5) is 11.6. The third-order valence-electron chi connectivity index (χ3n) is 5.88. The molecule has 0 bridgehead atoms. The normalized spacial score (nSPS) is 23.8. The summed E-state index contributed by atoms with van der Waals surface area (Å²) in [5.74, 6) is -0.407. The number of esters is 1. The summed E-state index contributed by atoms with van der Waals surface area (Å²) in [6.07, 6.45) is -2.42. The Hall–Kier alpha value is -2.74. The minimum absolute atomic E-state index is 0.00535. The highest BCUT2D eigenvalue weighted by Crippen LogP contribution is 2.32. The van der Waals surface area contributed by atoms with Crippen molar-refractivity contribution < 1.29 is 28.5 Å². The summed E-state index contributed by atoms with van der Waals surface area (Å²) in [5.41, 5.74) is 2.19. The van der Waals surface area contributed by atoms with E-state index < -0.39 is 35.9 Å². The minimum atomic E-state index is -0.827. The molecule has 190 valence electrons. The summed E-state index contributed by atoms with van der Waals surface area (Å²) < 4.78 is 30.4. The largest absolute Gasteiger partial charge is 0.463 e. The average Bonchev–Trinajstić information content (AvgIpc) is 2.91. The lowest BCUT2D eigenvalue weighted by atomic mass is 9.99. The first-order valence-corrected chi connectivity index (χ1v) is 12.4. The smallest absolute Gasteiger partial charge is 0.302 e. The predicted molar refractivity (Wildman–Crippen MR) is 136 cm³/mol. The van der Waals surface area contributed by atoms with Crippen LogP contribution in [0.15, 0.2) is 91.0 Å². The second-order valence-corrected chi connectivity index (χ2v) is 9.04. The first-order valence-electron chi connectivity index (χ1n) is 12.0. The van der Waals surface area contributed by atoms with E-state index in [0.29, 0.717) is 19.8 Å². The number of carbonyl (C=O) groups is 1. The molecule has 0 saturated carbocycles. The lowest BCUT2D eigenvalue weighted by Crippen LogP contribution is -2.59. The zero-order chi connectivity index (χ0) is 25.2. The van der Waals surface area contributed by atoms with Crippen molar-refractivity contribution in [2.75, 3.05) is 6.61 Å². The molecule has 1 aliphatic rings. The zero-order valence-electron chi connectivity index (χ0n) is 20.2. The standard InChI is InChI=1S/C29H31ClO6/c1-21(31)32-20-25-26(33-17-22-11-5-2-6-12-22)27(34-18-23-13-7-3-8-14-23)28(29(30)36-25)35-19-24-15-9-4-10-16-24/h2-16,25-29H,17-20H2,1H3/t25?,26-,27+,28?,29+/m1/s1. The van der Waals surface area contributed by atoms with Crippen molar-refractivity contribution in [3.8, 4) is 0 Å². The third kappa shape index (κ3) is 7.63. The Kier molecular flexibility index (Phi) is 9.90. The van der Waals surface area contributed by atoms with Gasteiger partial charge in [0.25, 0.3) is 0 Å². The molecular formula is C29H31ClO6. The predicted octanol–water partition coefficient (Wildman–Crippen LogP) is 5.27. The minimum Gasteiger partial charge on any atom is -0.463 e. The molecular weight excluding hydrogens is 480 g/mol. The van der Waals surface area contributed by atoms with E-state index in [1.54, 1.807) is 0 Å². The molecule has 1 aliphatic heterocycles. The molecule has 3 aromatic rings. The van der Waals surface area contributed by atoms with Crippen LogP contribution in [0.4, 0.5) is 0 Å². The maximum absolute atomic E-state index is 11.6. The van der Waals surface area contributed by atoms with Crippen molar-refractivity contribution in [2.24, 2.45) is 0 Å². The van der Waals surface area contributed by atoms with Gasteiger partial charge >= 0.3 is 5.97 Å². The number of hydrogen-bond acceptors (Lipinski definition) is 6. The van der Waals surface area contributed by atoms with E-state index in [1.807, 2.05) is 91.0 Å². The van der Waals surface area contributed by atoms with Crippen LogP contribution in [-0.4, -0.2) is 42.6 Å². The number of halogens is 1. The second kappa shape index (κ2) is 13.5. The molecule has 7 heteroatoms. The van der Waals surface area contributed by atoms with Crippen molar-refractivity contribution >= 4 is 17.6 Å². The van der Waals surface area contributed by atoms with Crippen molar-refractivity contribution in [3.05, 3.63) is 108 Å². The third-order valence-corrected chi connectivity index (χ3v) is 6.24. The van der Waals surface area contributed by atoms with Gasteiger partial charge in [-0.05, 0) is 16.7 Å². The maximum Gasteiger partial charge on any atom is 0.302 e. The quantitative estimate of drug-likeness (QED) is 0.259. The van der Waals surface area contributed by atoms with E-state index in [2.05, 4.69) is 0 Å². The zero-order valence-corrected chi connectivity index (χ0v) is 21.0. The molecule has 1 saturated heterocycles. The molecule has 1 fully saturated rings. The van der Waals surface area contributed by atoms with Gasteiger partial charge in [-0.25, -0.2) is 0 Å². The van der Waals surface area contributed by atoms with E-state index in [9.17, 15) is 4.79 Å². The molecule has 2 unspecified atom stereocenters. The van der Waals surface area contributed by atoms with Gasteiger partial charge in [0.2, 0.25) is 0 Å². The summed E-state index contributed by atoms with van der Waals surface area (Å²) in [5, 5.41) is 0. The molecule has 36 heavy (non-hydrogen) atoms. The van der Waals surface area contributed by atoms with Crippen LogP contribution in [0.1, 0.15) is 23.6 Å². The van der Waals surface area contributed by atoms with Crippen LogP contribution < -0.4 is 0 Å². The fraction of sp³-hybridized carbons (Fsp3) is 0.345. The topological polar surface area (TPSA) is 63.2 Å². The summed E-state index contributed by atoms with van der Waals surface area (Å²) >= 11 is 6.69. The first-order chi connectivity index (χ1) is 17.6. The van der Waals surface area contributed by atoms with Gasteiger partial charge in [-0.1, -0.05) is 103 Å². The molecule has 5 atom stereocenters. The Balaban J connectivity index is 1.57. The van der Waals surface area contributed by atoms with Gasteiger partial charge in [-0.15, -0.1) is 0 Å². The Labute approximate surface area is 217 Å². The molecule has 3 aromatic carbocycles. The summed E-state index contributed by atoms with van der Waals surface area (Å²) in [6.45, 7) is 2.36. The fourth-order valence-electron chi connectivity index (χ4n) is 4.07. The molecule has 1 heterocycles. The van der Waals surface area contributed by atoms with Crippen LogP contribution in [0, 0.1) is 0 Å². The van der Waals surface area contributed by atoms with Crippen LogP contribution in [0.2, 0.25) is 0 Å². The van der Waals surface area contributed by atoms with E-state index in [4.69, 9.17) is 35.3 Å². The van der Waals surface area contributed by atoms with Gasteiger partial charge < -0.3 is 23.7 Å². The molecule has 0 spiro atoms. The highest BCUT2D eigenvalue weighted by Gasteiger charge is 2.48. The number of benzene rings is 3. The number of rotatable bonds is 11. The van der Waals surface area contributed by atoms with Crippen molar-refractivity contribution in [1.82, 2.24) is 0 Å². The van der Waals surface area contributed by atoms with Crippen molar-refractivity contribution in [1.29, 1.82) is 0 Å². The number of alkyl halides is 1. The Morgan fingerprint density at radius 3 is 1.56 bits per heavy atom. The molecule has 6 nitrogen and oxygen atoms in total. The summed E-state index contributed by atoms with van der Waals surface area (Å²) in [6, 6.07) is 29.5. The molecule has 0 amide bonds. The van der Waals surface area contributed by atoms with Gasteiger partial charge in [-0.2, -0.15) is 0 Å². The Bertz CT molecular complexity index is 1050. The highest BCUT2D eigenvalue weighted by atomic mass is 35.5. The molecule has 0 aliphatic carbocycles. The van der Waals surface area contributed by atoms with Gasteiger partial charge in [0.15, 0.2) is 5.56 Å². The maximum atomic E-state index is 11.6. The first kappa shape index (κ1) is 26.3. The lowest BCUT2D eigenvalue weighted by molar-refractivity contribution is -0.255. The van der Waals surface area contributed by atoms with Crippen LogP contribution in [0.3, 0.4) is 0 Å². The van der Waals surface area contributed by atoms with E-state index in [1.165, 1.54) is 6.92 Å². The van der Waals surface area contributed by atoms with E-state index in [-0.39, 0.29) is 6.61 Å². The molecule has 0 N–H and O–H groups in total. The van der Waals surface area contributed by atoms with Crippen LogP contribution in [0.5, 0.6) is 0 Å². The second-order valence-electron chi connectivity index (χ2n) is 8.61. The van der Waals surface area contributed by atoms with Crippen LogP contribution in [0.25, 0.3) is 0 Å². The number of hydrogen-bond donors (Lipinski definition) is 0.